The molecule has 1 aromatic heterocycles. The summed E-state index contributed by atoms with van der Waals surface area (Å²) in [6, 6.07) is 3.05. The third-order valence-electron chi connectivity index (χ3n) is 2.58. The van der Waals surface area contributed by atoms with Gasteiger partial charge in [0.2, 0.25) is 0 Å². The maximum Gasteiger partial charge on any atom is 0.416 e. The lowest BCUT2D eigenvalue weighted by Crippen LogP contribution is -2.07. The molecule has 0 fully saturated rings. The van der Waals surface area contributed by atoms with Gasteiger partial charge in [-0.2, -0.15) is 13.2 Å². The topological polar surface area (TPSA) is 38.0 Å². The van der Waals surface area contributed by atoms with Gasteiger partial charge in [0.05, 0.1) is 5.56 Å². The van der Waals surface area contributed by atoms with E-state index in [0.29, 0.717) is 17.5 Å². The lowest BCUT2D eigenvalue weighted by molar-refractivity contribution is -0.137. The number of hydrogen-bond acceptors (Lipinski definition) is 2. The van der Waals surface area contributed by atoms with Crippen molar-refractivity contribution in [1.82, 2.24) is 9.55 Å². The van der Waals surface area contributed by atoms with Crippen LogP contribution in [0.25, 0.3) is 0 Å². The third-order valence-corrected chi connectivity index (χ3v) is 2.58. The van der Waals surface area contributed by atoms with Crippen molar-refractivity contribution in [1.29, 1.82) is 0 Å². The first kappa shape index (κ1) is 12.5. The molecule has 18 heavy (non-hydrogen) atoms. The molecule has 96 valence electrons. The molecule has 3 nitrogen and oxygen atoms in total. The third kappa shape index (κ3) is 2.64. The molecular weight excluding hydrogens is 245 g/mol. The van der Waals surface area contributed by atoms with Crippen LogP contribution in [0.5, 0.6) is 5.75 Å². The zero-order valence-electron chi connectivity index (χ0n) is 9.57. The number of nitrogens with zero attached hydrogens (tertiary/aromatic N) is 2. The number of halogens is 3. The molecule has 0 spiro atoms. The van der Waals surface area contributed by atoms with Gasteiger partial charge in [-0.05, 0) is 30.7 Å². The Morgan fingerprint density at radius 2 is 2.00 bits per heavy atom. The van der Waals surface area contributed by atoms with E-state index in [2.05, 4.69) is 4.98 Å². The maximum absolute atomic E-state index is 12.6. The number of aromatic nitrogens is 2. The molecule has 0 aliphatic heterocycles. The minimum atomic E-state index is -4.46. The van der Waals surface area contributed by atoms with Gasteiger partial charge >= 0.3 is 6.18 Å². The number of rotatable bonds is 2. The van der Waals surface area contributed by atoms with Gasteiger partial charge in [0, 0.05) is 18.9 Å². The Kier molecular flexibility index (Phi) is 3.02. The van der Waals surface area contributed by atoms with E-state index in [1.54, 1.807) is 23.9 Å². The Morgan fingerprint density at radius 1 is 1.28 bits per heavy atom. The molecule has 0 atom stereocenters. The summed E-state index contributed by atoms with van der Waals surface area (Å²) in [7, 11) is 0. The number of benzene rings is 1. The average Bonchev–Trinajstić information content (AvgIpc) is 2.62. The Bertz CT molecular complexity index is 561. The van der Waals surface area contributed by atoms with Crippen molar-refractivity contribution in [2.45, 2.75) is 19.6 Å². The molecule has 2 rings (SSSR count). The van der Waals surface area contributed by atoms with Crippen LogP contribution in [0, 0.1) is 6.92 Å². The zero-order chi connectivity index (χ0) is 13.3. The van der Waals surface area contributed by atoms with Gasteiger partial charge in [-0.15, -0.1) is 0 Å². The highest BCUT2D eigenvalue weighted by Gasteiger charge is 2.31. The Morgan fingerprint density at radius 3 is 2.56 bits per heavy atom. The molecule has 2 aromatic rings. The van der Waals surface area contributed by atoms with Crippen LogP contribution in [-0.4, -0.2) is 14.7 Å². The van der Waals surface area contributed by atoms with E-state index < -0.39 is 17.5 Å². The van der Waals surface area contributed by atoms with Crippen LogP contribution in [0.1, 0.15) is 17.0 Å². The molecule has 0 aliphatic rings. The fraction of sp³-hybridized carbons (Fsp3) is 0.250. The van der Waals surface area contributed by atoms with E-state index in [9.17, 15) is 18.3 Å². The Balaban J connectivity index is 2.35. The van der Waals surface area contributed by atoms with Gasteiger partial charge in [-0.1, -0.05) is 0 Å². The van der Waals surface area contributed by atoms with Crippen LogP contribution in [-0.2, 0) is 12.7 Å². The smallest absolute Gasteiger partial charge is 0.416 e. The van der Waals surface area contributed by atoms with Crippen molar-refractivity contribution in [3.05, 3.63) is 47.5 Å². The summed E-state index contributed by atoms with van der Waals surface area (Å²) in [6.07, 6.45) is -1.22. The van der Waals surface area contributed by atoms with E-state index in [-0.39, 0.29) is 6.54 Å². The highest BCUT2D eigenvalue weighted by molar-refractivity contribution is 5.35. The molecule has 0 unspecified atom stereocenters. The summed E-state index contributed by atoms with van der Waals surface area (Å²) in [4.78, 5) is 3.98. The summed E-state index contributed by atoms with van der Waals surface area (Å²) >= 11 is 0. The van der Waals surface area contributed by atoms with Gasteiger partial charge in [-0.3, -0.25) is 0 Å². The average molecular weight is 256 g/mol. The quantitative estimate of drug-likeness (QED) is 0.897. The highest BCUT2D eigenvalue weighted by atomic mass is 19.4. The predicted molar refractivity (Wildman–Crippen MR) is 59.2 cm³/mol. The van der Waals surface area contributed by atoms with E-state index >= 15 is 0 Å². The summed E-state index contributed by atoms with van der Waals surface area (Å²) in [5.74, 6) is 0.310. The standard InChI is InChI=1S/C12H11F3N2O/c1-8-16-2-3-17(8)7-9-4-10(12(13,14)15)6-11(18)5-9/h2-6,18H,7H2,1H3. The molecule has 0 amide bonds. The molecule has 6 heteroatoms. The first-order valence-corrected chi connectivity index (χ1v) is 5.24. The second-order valence-corrected chi connectivity index (χ2v) is 3.99. The Hall–Kier alpha value is -1.98. The predicted octanol–water partition coefficient (Wildman–Crippen LogP) is 2.96. The van der Waals surface area contributed by atoms with Crippen molar-refractivity contribution in [3.8, 4) is 5.75 Å². The second kappa shape index (κ2) is 4.36. The minimum absolute atomic E-state index is 0.239. The van der Waals surface area contributed by atoms with Crippen molar-refractivity contribution >= 4 is 0 Å². The van der Waals surface area contributed by atoms with Crippen LogP contribution < -0.4 is 0 Å². The SMILES string of the molecule is Cc1nccn1Cc1cc(O)cc(C(F)(F)F)c1. The normalized spacial score (nSPS) is 11.8. The van der Waals surface area contributed by atoms with Crippen molar-refractivity contribution < 1.29 is 18.3 Å². The lowest BCUT2D eigenvalue weighted by Gasteiger charge is -2.11. The van der Waals surface area contributed by atoms with Gasteiger partial charge in [0.15, 0.2) is 0 Å². The van der Waals surface area contributed by atoms with E-state index in [1.165, 1.54) is 6.07 Å². The summed E-state index contributed by atoms with van der Waals surface area (Å²) in [5, 5.41) is 9.33. The fourth-order valence-electron chi connectivity index (χ4n) is 1.70. The summed E-state index contributed by atoms with van der Waals surface area (Å²) in [5.41, 5.74) is -0.473. The van der Waals surface area contributed by atoms with Gasteiger partial charge in [-0.25, -0.2) is 4.98 Å². The van der Waals surface area contributed by atoms with E-state index in [0.717, 1.165) is 6.07 Å². The van der Waals surface area contributed by atoms with Crippen molar-refractivity contribution in [3.63, 3.8) is 0 Å². The molecule has 0 bridgehead atoms. The minimum Gasteiger partial charge on any atom is -0.508 e. The van der Waals surface area contributed by atoms with Crippen molar-refractivity contribution in [2.24, 2.45) is 0 Å². The van der Waals surface area contributed by atoms with Crippen LogP contribution in [0.15, 0.2) is 30.6 Å². The molecule has 1 heterocycles. The number of hydrogen-bond donors (Lipinski definition) is 1. The summed E-state index contributed by atoms with van der Waals surface area (Å²) < 4.78 is 39.4. The molecule has 1 N–H and O–H groups in total. The van der Waals surface area contributed by atoms with Crippen molar-refractivity contribution in [2.75, 3.05) is 0 Å². The number of aryl methyl sites for hydroxylation is 1. The molecule has 1 aromatic carbocycles. The molecule has 0 aliphatic carbocycles. The maximum atomic E-state index is 12.6. The van der Waals surface area contributed by atoms with Gasteiger partial charge in [0.1, 0.15) is 11.6 Å². The number of alkyl halides is 3. The highest BCUT2D eigenvalue weighted by Crippen LogP contribution is 2.32. The molecule has 0 saturated heterocycles. The van der Waals surface area contributed by atoms with Gasteiger partial charge in [0.25, 0.3) is 0 Å². The van der Waals surface area contributed by atoms with Crippen LogP contribution >= 0.6 is 0 Å². The number of imidazole rings is 1. The van der Waals surface area contributed by atoms with E-state index in [4.69, 9.17) is 0 Å². The fourth-order valence-corrected chi connectivity index (χ4v) is 1.70. The molecule has 0 saturated carbocycles. The van der Waals surface area contributed by atoms with E-state index in [1.807, 2.05) is 0 Å². The number of phenolic OH excluding ortho intramolecular Hbond substituents is 1. The Labute approximate surface area is 102 Å². The van der Waals surface area contributed by atoms with Gasteiger partial charge < -0.3 is 9.67 Å². The van der Waals surface area contributed by atoms with Crippen LogP contribution in [0.3, 0.4) is 0 Å². The summed E-state index contributed by atoms with van der Waals surface area (Å²) in [6.45, 7) is 2.00. The first-order valence-electron chi connectivity index (χ1n) is 5.24. The zero-order valence-corrected chi connectivity index (χ0v) is 9.57. The first-order chi connectivity index (χ1) is 8.36. The monoisotopic (exact) mass is 256 g/mol. The second-order valence-electron chi connectivity index (χ2n) is 3.99. The van der Waals surface area contributed by atoms with Crippen LogP contribution in [0.4, 0.5) is 13.2 Å². The van der Waals surface area contributed by atoms with Crippen LogP contribution in [0.2, 0.25) is 0 Å². The number of phenols is 1. The lowest BCUT2D eigenvalue weighted by atomic mass is 10.1. The molecular formula is C12H11F3N2O. The number of aromatic hydroxyl groups is 1. The largest absolute Gasteiger partial charge is 0.508 e. The molecule has 0 radical (unpaired) electrons.